The molecule has 2 aliphatic rings. The van der Waals surface area contributed by atoms with Crippen molar-refractivity contribution in [1.29, 1.82) is 0 Å². The number of hydrogen-bond donors (Lipinski definition) is 1. The van der Waals surface area contributed by atoms with Crippen molar-refractivity contribution in [2.75, 3.05) is 12.8 Å². The molecular weight excluding hydrogens is 352 g/mol. The van der Waals surface area contributed by atoms with Crippen molar-refractivity contribution in [2.45, 2.75) is 78.1 Å². The minimum atomic E-state index is -0.480. The average molecular weight is 385 g/mol. The zero-order valence-corrected chi connectivity index (χ0v) is 17.9. The largest absolute Gasteiger partial charge is 0.469 e. The second-order valence-electron chi connectivity index (χ2n) is 9.52. The predicted molar refractivity (Wildman–Crippen MR) is 110 cm³/mol. The molecule has 1 saturated carbocycles. The van der Waals surface area contributed by atoms with Crippen LogP contribution in [0.4, 0.5) is 5.69 Å². The van der Waals surface area contributed by atoms with E-state index < -0.39 is 5.41 Å². The lowest BCUT2D eigenvalue weighted by atomic mass is 9.49. The van der Waals surface area contributed by atoms with Crippen molar-refractivity contribution in [3.05, 3.63) is 22.6 Å². The number of carbonyl (C=O) groups excluding carboxylic acids is 1. The predicted octanol–water partition coefficient (Wildman–Crippen LogP) is 5.03. The van der Waals surface area contributed by atoms with Gasteiger partial charge in [0.25, 0.3) is 0 Å². The minimum absolute atomic E-state index is 0.0939. The van der Waals surface area contributed by atoms with Crippen molar-refractivity contribution < 1.29 is 13.9 Å². The highest BCUT2D eigenvalue weighted by Gasteiger charge is 2.57. The van der Waals surface area contributed by atoms with Gasteiger partial charge in [0.15, 0.2) is 11.5 Å². The van der Waals surface area contributed by atoms with Crippen LogP contribution in [0.2, 0.25) is 0 Å². The molecule has 0 amide bonds. The maximum absolute atomic E-state index is 12.8. The standard InChI is InChI=1S/C23H32N2O3/c1-12(2)16-18(24)14-8-9-15-22(4,10-7-11-23(15,5)21(26)27-6)17(14)20-19(16)25-13(3)28-20/h12,15H,7-11,24H2,1-6H3/t15-,22+,23-/m1/s1. The summed E-state index contributed by atoms with van der Waals surface area (Å²) >= 11 is 0. The lowest BCUT2D eigenvalue weighted by molar-refractivity contribution is -0.161. The van der Waals surface area contributed by atoms with Crippen LogP contribution >= 0.6 is 0 Å². The molecule has 5 nitrogen and oxygen atoms in total. The molecule has 0 spiro atoms. The van der Waals surface area contributed by atoms with Crippen LogP contribution < -0.4 is 5.73 Å². The van der Waals surface area contributed by atoms with Gasteiger partial charge in [0.05, 0.1) is 12.5 Å². The van der Waals surface area contributed by atoms with Crippen LogP contribution in [-0.4, -0.2) is 18.1 Å². The number of ether oxygens (including phenoxy) is 1. The van der Waals surface area contributed by atoms with E-state index in [0.29, 0.717) is 5.89 Å². The Morgan fingerprint density at radius 1 is 1.32 bits per heavy atom. The molecule has 5 heteroatoms. The fourth-order valence-corrected chi connectivity index (χ4v) is 6.37. The molecule has 0 radical (unpaired) electrons. The van der Waals surface area contributed by atoms with Gasteiger partial charge in [-0.05, 0) is 50.0 Å². The molecule has 1 heterocycles. The summed E-state index contributed by atoms with van der Waals surface area (Å²) < 4.78 is 11.4. The summed E-state index contributed by atoms with van der Waals surface area (Å²) in [4.78, 5) is 17.5. The summed E-state index contributed by atoms with van der Waals surface area (Å²) in [6.07, 6.45) is 4.68. The number of hydrogen-bond acceptors (Lipinski definition) is 5. The number of rotatable bonds is 2. The molecule has 4 rings (SSSR count). The van der Waals surface area contributed by atoms with E-state index in [9.17, 15) is 4.79 Å². The minimum Gasteiger partial charge on any atom is -0.469 e. The SMILES string of the molecule is COC(=O)[C@]1(C)CCC[C@]2(C)c3c(c(N)c(C(C)C)c4nc(C)oc34)CC[C@@H]12. The Labute approximate surface area is 167 Å². The van der Waals surface area contributed by atoms with Crippen LogP contribution in [0.5, 0.6) is 0 Å². The van der Waals surface area contributed by atoms with Crippen LogP contribution in [0, 0.1) is 18.3 Å². The molecule has 0 saturated heterocycles. The van der Waals surface area contributed by atoms with E-state index >= 15 is 0 Å². The number of nitrogens with zero attached hydrogens (tertiary/aromatic N) is 1. The summed E-state index contributed by atoms with van der Waals surface area (Å²) in [7, 11) is 1.50. The number of nitrogen functional groups attached to an aromatic ring is 1. The maximum atomic E-state index is 12.8. The van der Waals surface area contributed by atoms with Gasteiger partial charge in [-0.1, -0.05) is 27.2 Å². The molecule has 1 aromatic carbocycles. The Balaban J connectivity index is 2.02. The molecule has 28 heavy (non-hydrogen) atoms. The van der Waals surface area contributed by atoms with Crippen LogP contribution in [0.25, 0.3) is 11.1 Å². The molecule has 3 atom stereocenters. The first-order chi connectivity index (χ1) is 13.1. The Bertz CT molecular complexity index is 961. The summed E-state index contributed by atoms with van der Waals surface area (Å²) in [5.41, 5.74) is 12.2. The lowest BCUT2D eigenvalue weighted by Gasteiger charge is -2.54. The molecule has 0 unspecified atom stereocenters. The fraction of sp³-hybridized carbons (Fsp3) is 0.652. The van der Waals surface area contributed by atoms with Gasteiger partial charge in [-0.3, -0.25) is 4.79 Å². The van der Waals surface area contributed by atoms with Crippen molar-refractivity contribution in [3.63, 3.8) is 0 Å². The van der Waals surface area contributed by atoms with Crippen LogP contribution in [-0.2, 0) is 21.4 Å². The summed E-state index contributed by atoms with van der Waals surface area (Å²) in [5, 5.41) is 0. The van der Waals surface area contributed by atoms with Gasteiger partial charge >= 0.3 is 5.97 Å². The number of methoxy groups -OCH3 is 1. The van der Waals surface area contributed by atoms with Gasteiger partial charge in [0.1, 0.15) is 5.52 Å². The number of nitrogens with two attached hydrogens (primary N) is 1. The highest BCUT2D eigenvalue weighted by molar-refractivity contribution is 5.90. The number of oxazole rings is 1. The normalized spacial score (nSPS) is 29.6. The summed E-state index contributed by atoms with van der Waals surface area (Å²) in [5.74, 6) is 1.05. The van der Waals surface area contributed by atoms with Crippen LogP contribution in [0.15, 0.2) is 4.42 Å². The van der Waals surface area contributed by atoms with E-state index in [-0.39, 0.29) is 23.2 Å². The van der Waals surface area contributed by atoms with Crippen LogP contribution in [0.1, 0.15) is 81.9 Å². The number of aryl methyl sites for hydroxylation is 1. The molecule has 152 valence electrons. The van der Waals surface area contributed by atoms with Crippen molar-refractivity contribution in [1.82, 2.24) is 4.98 Å². The van der Waals surface area contributed by atoms with E-state index in [1.807, 2.05) is 6.92 Å². The Hall–Kier alpha value is -2.04. The number of anilines is 1. The molecule has 2 aliphatic carbocycles. The summed E-state index contributed by atoms with van der Waals surface area (Å²) in [6, 6.07) is 0. The van der Waals surface area contributed by atoms with Crippen molar-refractivity contribution >= 4 is 22.8 Å². The fourth-order valence-electron chi connectivity index (χ4n) is 6.37. The van der Waals surface area contributed by atoms with E-state index in [2.05, 4.69) is 27.7 Å². The lowest BCUT2D eigenvalue weighted by Crippen LogP contribution is -2.52. The number of aromatic nitrogens is 1. The average Bonchev–Trinajstić information content (AvgIpc) is 3.00. The smallest absolute Gasteiger partial charge is 0.311 e. The van der Waals surface area contributed by atoms with Gasteiger partial charge in [0.2, 0.25) is 0 Å². The van der Waals surface area contributed by atoms with Crippen molar-refractivity contribution in [2.24, 2.45) is 11.3 Å². The zero-order valence-electron chi connectivity index (χ0n) is 17.9. The van der Waals surface area contributed by atoms with Gasteiger partial charge in [-0.25, -0.2) is 4.98 Å². The first-order valence-electron chi connectivity index (χ1n) is 10.5. The molecule has 0 aliphatic heterocycles. The molecule has 1 fully saturated rings. The maximum Gasteiger partial charge on any atom is 0.311 e. The third-order valence-corrected chi connectivity index (χ3v) is 7.55. The van der Waals surface area contributed by atoms with Gasteiger partial charge < -0.3 is 14.9 Å². The zero-order chi connectivity index (χ0) is 20.4. The van der Waals surface area contributed by atoms with E-state index in [1.165, 1.54) is 18.2 Å². The highest BCUT2D eigenvalue weighted by atomic mass is 16.5. The number of esters is 1. The highest BCUT2D eigenvalue weighted by Crippen LogP contribution is 2.60. The third-order valence-electron chi connectivity index (χ3n) is 7.55. The molecular formula is C23H32N2O3. The molecule has 2 aromatic rings. The van der Waals surface area contributed by atoms with Crippen molar-refractivity contribution in [3.8, 4) is 0 Å². The van der Waals surface area contributed by atoms with E-state index in [1.54, 1.807) is 0 Å². The van der Waals surface area contributed by atoms with Gasteiger partial charge in [-0.15, -0.1) is 0 Å². The number of carbonyl (C=O) groups is 1. The first kappa shape index (κ1) is 19.3. The van der Waals surface area contributed by atoms with E-state index in [0.717, 1.165) is 54.5 Å². The number of fused-ring (bicyclic) bond motifs is 5. The molecule has 1 aromatic heterocycles. The number of benzene rings is 1. The second kappa shape index (κ2) is 6.23. The second-order valence-corrected chi connectivity index (χ2v) is 9.52. The van der Waals surface area contributed by atoms with E-state index in [4.69, 9.17) is 19.9 Å². The summed E-state index contributed by atoms with van der Waals surface area (Å²) in [6.45, 7) is 10.6. The Morgan fingerprint density at radius 3 is 2.68 bits per heavy atom. The monoisotopic (exact) mass is 384 g/mol. The Kier molecular flexibility index (Phi) is 4.29. The van der Waals surface area contributed by atoms with Gasteiger partial charge in [-0.2, -0.15) is 0 Å². The molecule has 2 N–H and O–H groups in total. The van der Waals surface area contributed by atoms with Gasteiger partial charge in [0, 0.05) is 29.2 Å². The third kappa shape index (κ3) is 2.37. The first-order valence-corrected chi connectivity index (χ1v) is 10.5. The quantitative estimate of drug-likeness (QED) is 0.581. The molecule has 0 bridgehead atoms. The topological polar surface area (TPSA) is 78.4 Å². The Morgan fingerprint density at radius 2 is 2.04 bits per heavy atom. The van der Waals surface area contributed by atoms with Crippen LogP contribution in [0.3, 0.4) is 0 Å².